The highest BCUT2D eigenvalue weighted by molar-refractivity contribution is 9.10. The van der Waals surface area contributed by atoms with Crippen LogP contribution in [0.3, 0.4) is 0 Å². The molecule has 10 heavy (non-hydrogen) atoms. The Hall–Kier alpha value is -0.540. The molecule has 0 bridgehead atoms. The highest BCUT2D eigenvalue weighted by Gasteiger charge is 2.00. The topological polar surface area (TPSA) is 39.2 Å². The van der Waals surface area contributed by atoms with Gasteiger partial charge in [-0.15, -0.1) is 0 Å². The average Bonchev–Trinajstić information content (AvgIpc) is 2.34. The standard InChI is InChI=1S/C7H8BrNO/c1-5(3-9)7-2-6(8)4-10-7/h2,4H,1,3,9H2. The summed E-state index contributed by atoms with van der Waals surface area (Å²) in [6.45, 7) is 4.15. The van der Waals surface area contributed by atoms with Gasteiger partial charge in [0.05, 0.1) is 4.47 Å². The summed E-state index contributed by atoms with van der Waals surface area (Å²) in [5.74, 6) is 0.745. The van der Waals surface area contributed by atoms with Crippen molar-refractivity contribution in [1.82, 2.24) is 0 Å². The van der Waals surface area contributed by atoms with E-state index in [1.54, 1.807) is 6.26 Å². The quantitative estimate of drug-likeness (QED) is 0.796. The molecule has 2 nitrogen and oxygen atoms in total. The number of hydrogen-bond acceptors (Lipinski definition) is 2. The molecule has 0 aliphatic rings. The van der Waals surface area contributed by atoms with Crippen LogP contribution in [0.25, 0.3) is 5.57 Å². The van der Waals surface area contributed by atoms with Crippen LogP contribution >= 0.6 is 15.9 Å². The molecule has 0 atom stereocenters. The maximum absolute atomic E-state index is 5.34. The van der Waals surface area contributed by atoms with Crippen LogP contribution in [0.15, 0.2) is 27.8 Å². The molecule has 54 valence electrons. The zero-order valence-corrected chi connectivity index (χ0v) is 7.02. The Balaban J connectivity index is 2.85. The van der Waals surface area contributed by atoms with E-state index in [1.807, 2.05) is 6.07 Å². The third-order valence-corrected chi connectivity index (χ3v) is 1.58. The molecule has 0 amide bonds. The smallest absolute Gasteiger partial charge is 0.131 e. The molecule has 0 fully saturated rings. The molecule has 1 rings (SSSR count). The minimum atomic E-state index is 0.431. The highest BCUT2D eigenvalue weighted by atomic mass is 79.9. The van der Waals surface area contributed by atoms with Gasteiger partial charge < -0.3 is 10.2 Å². The highest BCUT2D eigenvalue weighted by Crippen LogP contribution is 2.18. The first-order valence-corrected chi connectivity index (χ1v) is 3.65. The predicted octanol–water partition coefficient (Wildman–Crippen LogP) is 2.01. The van der Waals surface area contributed by atoms with Crippen LogP contribution in [-0.2, 0) is 0 Å². The van der Waals surface area contributed by atoms with Gasteiger partial charge >= 0.3 is 0 Å². The van der Waals surface area contributed by atoms with Crippen LogP contribution in [0.5, 0.6) is 0 Å². The number of nitrogens with two attached hydrogens (primary N) is 1. The third-order valence-electron chi connectivity index (χ3n) is 1.16. The first kappa shape index (κ1) is 7.57. The Bertz CT molecular complexity index is 242. The Morgan fingerprint density at radius 3 is 2.90 bits per heavy atom. The van der Waals surface area contributed by atoms with Crippen molar-refractivity contribution in [2.75, 3.05) is 6.54 Å². The second-order valence-electron chi connectivity index (χ2n) is 1.94. The lowest BCUT2D eigenvalue weighted by Crippen LogP contribution is -1.99. The Labute approximate surface area is 67.8 Å². The molecule has 0 aromatic carbocycles. The van der Waals surface area contributed by atoms with E-state index in [2.05, 4.69) is 22.5 Å². The van der Waals surface area contributed by atoms with Gasteiger partial charge in [-0.1, -0.05) is 6.58 Å². The van der Waals surface area contributed by atoms with Crippen molar-refractivity contribution in [2.45, 2.75) is 0 Å². The van der Waals surface area contributed by atoms with Gasteiger partial charge in [0.15, 0.2) is 0 Å². The largest absolute Gasteiger partial charge is 0.463 e. The van der Waals surface area contributed by atoms with E-state index in [4.69, 9.17) is 10.2 Å². The van der Waals surface area contributed by atoms with Gasteiger partial charge in [-0.2, -0.15) is 0 Å². The van der Waals surface area contributed by atoms with Crippen molar-refractivity contribution in [1.29, 1.82) is 0 Å². The van der Waals surface area contributed by atoms with E-state index in [1.165, 1.54) is 0 Å². The molecule has 1 aromatic heterocycles. The van der Waals surface area contributed by atoms with Crippen molar-refractivity contribution in [3.63, 3.8) is 0 Å². The molecule has 0 radical (unpaired) electrons. The van der Waals surface area contributed by atoms with E-state index >= 15 is 0 Å². The van der Waals surface area contributed by atoms with Crippen LogP contribution in [0.1, 0.15) is 5.76 Å². The summed E-state index contributed by atoms with van der Waals surface area (Å²) in [6, 6.07) is 1.84. The maximum atomic E-state index is 5.34. The molecule has 0 spiro atoms. The molecule has 0 saturated carbocycles. The summed E-state index contributed by atoms with van der Waals surface area (Å²) in [4.78, 5) is 0. The maximum Gasteiger partial charge on any atom is 0.131 e. The summed E-state index contributed by atoms with van der Waals surface area (Å²) in [5.41, 5.74) is 6.15. The summed E-state index contributed by atoms with van der Waals surface area (Å²) in [5, 5.41) is 0. The fraction of sp³-hybridized carbons (Fsp3) is 0.143. The first-order valence-electron chi connectivity index (χ1n) is 2.86. The van der Waals surface area contributed by atoms with Gasteiger partial charge in [0, 0.05) is 12.1 Å². The van der Waals surface area contributed by atoms with Crippen molar-refractivity contribution < 1.29 is 4.42 Å². The lowest BCUT2D eigenvalue weighted by molar-refractivity contribution is 0.551. The molecule has 2 N–H and O–H groups in total. The Morgan fingerprint density at radius 1 is 1.80 bits per heavy atom. The van der Waals surface area contributed by atoms with Crippen LogP contribution in [0, 0.1) is 0 Å². The third kappa shape index (κ3) is 1.49. The number of rotatable bonds is 2. The zero-order valence-electron chi connectivity index (χ0n) is 5.43. The molecule has 0 saturated heterocycles. The van der Waals surface area contributed by atoms with Gasteiger partial charge in [0.25, 0.3) is 0 Å². The first-order chi connectivity index (χ1) is 4.74. The fourth-order valence-corrected chi connectivity index (χ4v) is 0.900. The van der Waals surface area contributed by atoms with Gasteiger partial charge in [-0.25, -0.2) is 0 Å². The summed E-state index contributed by atoms with van der Waals surface area (Å²) >= 11 is 3.25. The molecule has 0 unspecified atom stereocenters. The molecule has 1 aromatic rings. The molecular formula is C7H8BrNO. The Morgan fingerprint density at radius 2 is 2.50 bits per heavy atom. The normalized spacial score (nSPS) is 9.80. The van der Waals surface area contributed by atoms with Crippen LogP contribution in [0.2, 0.25) is 0 Å². The van der Waals surface area contributed by atoms with Crippen LogP contribution in [0.4, 0.5) is 0 Å². The second-order valence-corrected chi connectivity index (χ2v) is 2.85. The minimum Gasteiger partial charge on any atom is -0.463 e. The van der Waals surface area contributed by atoms with Gasteiger partial charge in [-0.05, 0) is 22.0 Å². The lowest BCUT2D eigenvalue weighted by Gasteiger charge is -1.93. The van der Waals surface area contributed by atoms with E-state index in [0.717, 1.165) is 15.8 Å². The van der Waals surface area contributed by atoms with E-state index in [-0.39, 0.29) is 0 Å². The van der Waals surface area contributed by atoms with E-state index in [0.29, 0.717) is 6.54 Å². The van der Waals surface area contributed by atoms with Crippen molar-refractivity contribution in [3.8, 4) is 0 Å². The number of halogens is 1. The zero-order chi connectivity index (χ0) is 7.56. The van der Waals surface area contributed by atoms with Gasteiger partial charge in [-0.3, -0.25) is 0 Å². The summed E-state index contributed by atoms with van der Waals surface area (Å²) in [6.07, 6.45) is 1.61. The van der Waals surface area contributed by atoms with E-state index in [9.17, 15) is 0 Å². The molecule has 1 heterocycles. The van der Waals surface area contributed by atoms with Gasteiger partial charge in [0.1, 0.15) is 12.0 Å². The van der Waals surface area contributed by atoms with Crippen molar-refractivity contribution in [3.05, 3.63) is 29.1 Å². The van der Waals surface area contributed by atoms with Crippen LogP contribution in [-0.4, -0.2) is 6.54 Å². The summed E-state index contributed by atoms with van der Waals surface area (Å²) < 4.78 is 6.00. The SMILES string of the molecule is C=C(CN)c1cc(Br)co1. The molecule has 3 heteroatoms. The lowest BCUT2D eigenvalue weighted by atomic mass is 10.2. The van der Waals surface area contributed by atoms with Gasteiger partial charge in [0.2, 0.25) is 0 Å². The van der Waals surface area contributed by atoms with Crippen molar-refractivity contribution >= 4 is 21.5 Å². The molecule has 0 aliphatic carbocycles. The number of hydrogen-bond donors (Lipinski definition) is 1. The van der Waals surface area contributed by atoms with E-state index < -0.39 is 0 Å². The Kier molecular flexibility index (Phi) is 2.29. The fourth-order valence-electron chi connectivity index (χ4n) is 0.599. The number of furan rings is 1. The predicted molar refractivity (Wildman–Crippen MR) is 44.5 cm³/mol. The minimum absolute atomic E-state index is 0.431. The average molecular weight is 202 g/mol. The summed E-state index contributed by atoms with van der Waals surface area (Å²) in [7, 11) is 0. The molecule has 0 aliphatic heterocycles. The molecular weight excluding hydrogens is 194 g/mol. The van der Waals surface area contributed by atoms with Crippen molar-refractivity contribution in [2.24, 2.45) is 5.73 Å². The monoisotopic (exact) mass is 201 g/mol. The second kappa shape index (κ2) is 3.03. The van der Waals surface area contributed by atoms with Crippen LogP contribution < -0.4 is 5.73 Å².